The van der Waals surface area contributed by atoms with Crippen LogP contribution in [-0.2, 0) is 20.8 Å². The van der Waals surface area contributed by atoms with Crippen LogP contribution in [0.3, 0.4) is 0 Å². The second kappa shape index (κ2) is 10.3. The average Bonchev–Trinajstić information content (AvgIpc) is 2.65. The second-order valence-electron chi connectivity index (χ2n) is 8.28. The Kier molecular flexibility index (Phi) is 8.05. The lowest BCUT2D eigenvalue weighted by atomic mass is 9.97. The Morgan fingerprint density at radius 3 is 2.47 bits per heavy atom. The van der Waals surface area contributed by atoms with E-state index in [1.807, 2.05) is 30.3 Å². The summed E-state index contributed by atoms with van der Waals surface area (Å²) in [6.07, 6.45) is -1.35. The number of carbonyl (C=O) groups is 3. The molecule has 2 atom stereocenters. The first-order valence-corrected chi connectivity index (χ1v) is 9.90. The summed E-state index contributed by atoms with van der Waals surface area (Å²) in [5, 5.41) is 12.6. The van der Waals surface area contributed by atoms with E-state index in [0.29, 0.717) is 13.0 Å². The zero-order valence-electron chi connectivity index (χ0n) is 18.0. The number of piperidine rings is 1. The normalized spacial score (nSPS) is 19.1. The minimum absolute atomic E-state index is 0.0729. The third kappa shape index (κ3) is 6.91. The van der Waals surface area contributed by atoms with Crippen molar-refractivity contribution in [1.29, 1.82) is 0 Å². The van der Waals surface area contributed by atoms with Gasteiger partial charge in [-0.1, -0.05) is 30.3 Å². The van der Waals surface area contributed by atoms with Crippen LogP contribution in [0.1, 0.15) is 32.8 Å². The number of hydrogen-bond donors (Lipinski definition) is 2. The number of rotatable bonds is 6. The second-order valence-corrected chi connectivity index (χ2v) is 8.28. The van der Waals surface area contributed by atoms with Crippen LogP contribution in [0.5, 0.6) is 0 Å². The molecule has 30 heavy (non-hydrogen) atoms. The molecule has 1 saturated heterocycles. The van der Waals surface area contributed by atoms with Gasteiger partial charge in [-0.15, -0.1) is 0 Å². The molecular formula is C21H31N3O6. The number of alkyl carbamates (subject to hydrolysis) is 1. The van der Waals surface area contributed by atoms with Crippen molar-refractivity contribution in [3.63, 3.8) is 0 Å². The van der Waals surface area contributed by atoms with E-state index in [4.69, 9.17) is 9.47 Å². The summed E-state index contributed by atoms with van der Waals surface area (Å²) < 4.78 is 10.3. The van der Waals surface area contributed by atoms with Crippen LogP contribution in [-0.4, -0.2) is 77.5 Å². The molecule has 9 nitrogen and oxygen atoms in total. The van der Waals surface area contributed by atoms with Crippen LogP contribution in [0.25, 0.3) is 0 Å². The molecule has 1 fully saturated rings. The maximum absolute atomic E-state index is 12.4. The molecule has 1 heterocycles. The maximum Gasteiger partial charge on any atom is 0.408 e. The number of ether oxygens (including phenoxy) is 2. The van der Waals surface area contributed by atoms with Crippen LogP contribution in [0.15, 0.2) is 30.3 Å². The Hall–Kier alpha value is -2.81. The third-order valence-corrected chi connectivity index (χ3v) is 4.74. The number of amides is 3. The monoisotopic (exact) mass is 421 g/mol. The molecule has 0 aromatic heterocycles. The van der Waals surface area contributed by atoms with Gasteiger partial charge in [0.25, 0.3) is 0 Å². The fourth-order valence-corrected chi connectivity index (χ4v) is 3.46. The van der Waals surface area contributed by atoms with Gasteiger partial charge in [-0.2, -0.15) is 0 Å². The SMILES string of the molecule is COCC(=O)N1CC[C@H](N(Cc2ccccc2)C(=O)O)[C@H](NC(=O)OC(C)(C)C)C1. The number of likely N-dealkylation sites (tertiary alicyclic amines) is 1. The van der Waals surface area contributed by atoms with Gasteiger partial charge < -0.3 is 24.8 Å². The lowest BCUT2D eigenvalue weighted by molar-refractivity contribution is -0.137. The number of carboxylic acid groups (broad SMARTS) is 1. The fourth-order valence-electron chi connectivity index (χ4n) is 3.46. The van der Waals surface area contributed by atoms with E-state index >= 15 is 0 Å². The van der Waals surface area contributed by atoms with E-state index < -0.39 is 29.9 Å². The van der Waals surface area contributed by atoms with Crippen molar-refractivity contribution < 1.29 is 29.0 Å². The van der Waals surface area contributed by atoms with E-state index in [-0.39, 0.29) is 25.6 Å². The average molecular weight is 421 g/mol. The molecule has 0 bridgehead atoms. The van der Waals surface area contributed by atoms with E-state index in [1.54, 1.807) is 25.7 Å². The highest BCUT2D eigenvalue weighted by Gasteiger charge is 2.38. The number of nitrogens with one attached hydrogen (secondary N) is 1. The van der Waals surface area contributed by atoms with Gasteiger partial charge in [-0.25, -0.2) is 9.59 Å². The zero-order valence-corrected chi connectivity index (χ0v) is 18.0. The Balaban J connectivity index is 2.22. The Bertz CT molecular complexity index is 734. The standard InChI is InChI=1S/C21H31N3O6/c1-21(2,3)30-19(26)22-16-13-23(18(25)14-29-4)11-10-17(16)24(20(27)28)12-15-8-6-5-7-9-15/h5-9,16-17H,10-14H2,1-4H3,(H,22,26)(H,27,28)/t16-,17+/m1/s1. The number of carbonyl (C=O) groups excluding carboxylic acids is 2. The molecule has 1 aliphatic rings. The summed E-state index contributed by atoms with van der Waals surface area (Å²) in [5.41, 5.74) is 0.143. The van der Waals surface area contributed by atoms with Gasteiger partial charge in [0.2, 0.25) is 5.91 Å². The van der Waals surface area contributed by atoms with Crippen molar-refractivity contribution in [3.05, 3.63) is 35.9 Å². The molecule has 2 rings (SSSR count). The summed E-state index contributed by atoms with van der Waals surface area (Å²) in [6, 6.07) is 8.13. The van der Waals surface area contributed by atoms with Crippen LogP contribution in [0.4, 0.5) is 9.59 Å². The highest BCUT2D eigenvalue weighted by molar-refractivity contribution is 5.78. The Morgan fingerprint density at radius 1 is 1.23 bits per heavy atom. The van der Waals surface area contributed by atoms with Crippen molar-refractivity contribution in [2.75, 3.05) is 26.8 Å². The van der Waals surface area contributed by atoms with Gasteiger partial charge in [-0.3, -0.25) is 9.69 Å². The van der Waals surface area contributed by atoms with Crippen molar-refractivity contribution in [1.82, 2.24) is 15.1 Å². The van der Waals surface area contributed by atoms with E-state index in [2.05, 4.69) is 5.32 Å². The first-order chi connectivity index (χ1) is 14.1. The summed E-state index contributed by atoms with van der Waals surface area (Å²) in [7, 11) is 1.44. The molecule has 0 radical (unpaired) electrons. The fraction of sp³-hybridized carbons (Fsp3) is 0.571. The molecular weight excluding hydrogens is 390 g/mol. The number of methoxy groups -OCH3 is 1. The van der Waals surface area contributed by atoms with Crippen LogP contribution < -0.4 is 5.32 Å². The maximum atomic E-state index is 12.4. The van der Waals surface area contributed by atoms with Crippen LogP contribution in [0, 0.1) is 0 Å². The molecule has 2 N–H and O–H groups in total. The molecule has 0 spiro atoms. The van der Waals surface area contributed by atoms with E-state index in [1.165, 1.54) is 12.0 Å². The van der Waals surface area contributed by atoms with Crippen molar-refractivity contribution >= 4 is 18.1 Å². The molecule has 3 amide bonds. The number of hydrogen-bond acceptors (Lipinski definition) is 5. The summed E-state index contributed by atoms with van der Waals surface area (Å²) in [5.74, 6) is -0.211. The summed E-state index contributed by atoms with van der Waals surface area (Å²) in [6.45, 7) is 5.90. The minimum Gasteiger partial charge on any atom is -0.465 e. The first-order valence-electron chi connectivity index (χ1n) is 9.90. The van der Waals surface area contributed by atoms with Gasteiger partial charge in [0.05, 0.1) is 12.1 Å². The van der Waals surface area contributed by atoms with Gasteiger partial charge in [0.1, 0.15) is 12.2 Å². The quantitative estimate of drug-likeness (QED) is 0.730. The van der Waals surface area contributed by atoms with E-state index in [0.717, 1.165) is 5.56 Å². The Morgan fingerprint density at radius 2 is 1.90 bits per heavy atom. The zero-order chi connectivity index (χ0) is 22.3. The van der Waals surface area contributed by atoms with Gasteiger partial charge >= 0.3 is 12.2 Å². The third-order valence-electron chi connectivity index (χ3n) is 4.74. The molecule has 166 valence electrons. The minimum atomic E-state index is -1.09. The van der Waals surface area contributed by atoms with Gasteiger partial charge in [0, 0.05) is 26.7 Å². The highest BCUT2D eigenvalue weighted by Crippen LogP contribution is 2.21. The van der Waals surface area contributed by atoms with Crippen molar-refractivity contribution in [3.8, 4) is 0 Å². The predicted molar refractivity (Wildman–Crippen MR) is 110 cm³/mol. The van der Waals surface area contributed by atoms with Gasteiger partial charge in [0.15, 0.2) is 0 Å². The highest BCUT2D eigenvalue weighted by atomic mass is 16.6. The summed E-state index contributed by atoms with van der Waals surface area (Å²) >= 11 is 0. The molecule has 1 aromatic rings. The smallest absolute Gasteiger partial charge is 0.408 e. The molecule has 1 aliphatic heterocycles. The molecule has 0 saturated carbocycles. The topological polar surface area (TPSA) is 108 Å². The first kappa shape index (κ1) is 23.5. The summed E-state index contributed by atoms with van der Waals surface area (Å²) in [4.78, 5) is 39.6. The largest absolute Gasteiger partial charge is 0.465 e. The lowest BCUT2D eigenvalue weighted by Crippen LogP contribution is -2.62. The lowest BCUT2D eigenvalue weighted by Gasteiger charge is -2.43. The number of nitrogens with zero attached hydrogens (tertiary/aromatic N) is 2. The van der Waals surface area contributed by atoms with Crippen LogP contribution in [0.2, 0.25) is 0 Å². The van der Waals surface area contributed by atoms with Crippen molar-refractivity contribution in [2.45, 2.75) is 51.4 Å². The van der Waals surface area contributed by atoms with Gasteiger partial charge in [-0.05, 0) is 32.8 Å². The van der Waals surface area contributed by atoms with Crippen LogP contribution >= 0.6 is 0 Å². The van der Waals surface area contributed by atoms with E-state index in [9.17, 15) is 19.5 Å². The predicted octanol–water partition coefficient (Wildman–Crippen LogP) is 2.31. The number of benzene rings is 1. The molecule has 1 aromatic carbocycles. The Labute approximate surface area is 176 Å². The molecule has 0 unspecified atom stereocenters. The molecule has 0 aliphatic carbocycles. The van der Waals surface area contributed by atoms with Crippen molar-refractivity contribution in [2.24, 2.45) is 0 Å². The molecule has 9 heteroatoms.